The van der Waals surface area contributed by atoms with Crippen molar-refractivity contribution in [3.05, 3.63) is 66.7 Å². The van der Waals surface area contributed by atoms with Crippen LogP contribution in [0.5, 0.6) is 0 Å². The van der Waals surface area contributed by atoms with Gasteiger partial charge in [-0.15, -0.1) is 10.2 Å². The second kappa shape index (κ2) is 6.05. The normalized spacial score (nSPS) is 15.9. The molecule has 4 rings (SSSR count). The molecule has 1 saturated heterocycles. The van der Waals surface area contributed by atoms with Crippen LogP contribution in [0.2, 0.25) is 0 Å². The molecule has 0 unspecified atom stereocenters. The molecule has 1 aliphatic heterocycles. The van der Waals surface area contributed by atoms with Crippen molar-refractivity contribution in [2.75, 3.05) is 13.1 Å². The smallest absolute Gasteiger partial charge is 0.246 e. The van der Waals surface area contributed by atoms with Crippen LogP contribution in [0.25, 0.3) is 11.4 Å². The summed E-state index contributed by atoms with van der Waals surface area (Å²) in [6, 6.07) is 14.9. The first-order valence-corrected chi connectivity index (χ1v) is 9.21. The highest BCUT2D eigenvalue weighted by Gasteiger charge is 2.39. The summed E-state index contributed by atoms with van der Waals surface area (Å²) >= 11 is 0. The van der Waals surface area contributed by atoms with Crippen LogP contribution in [0.4, 0.5) is 4.39 Å². The predicted molar refractivity (Wildman–Crippen MR) is 89.7 cm³/mol. The average Bonchev–Trinajstić information content (AvgIpc) is 3.03. The summed E-state index contributed by atoms with van der Waals surface area (Å²) in [7, 11) is -3.83. The lowest BCUT2D eigenvalue weighted by Crippen LogP contribution is -2.50. The molecule has 0 spiro atoms. The van der Waals surface area contributed by atoms with Crippen molar-refractivity contribution in [3.63, 3.8) is 0 Å². The molecule has 8 heteroatoms. The standard InChI is InChI=1S/C17H15FN4O2S/c18-15-8-4-5-9-16(15)25(23,24)21-10-14(11-21)22-12-19-20-17(22)13-6-2-1-3-7-13/h1-9,12,14H,10-11H2. The van der Waals surface area contributed by atoms with E-state index in [-0.39, 0.29) is 24.0 Å². The molecule has 1 fully saturated rings. The number of halogens is 1. The molecule has 0 atom stereocenters. The SMILES string of the molecule is O=S(=O)(c1ccccc1F)N1CC(n2cnnc2-c2ccccc2)C1. The summed E-state index contributed by atoms with van der Waals surface area (Å²) in [5.41, 5.74) is 0.912. The first-order valence-electron chi connectivity index (χ1n) is 7.77. The maximum atomic E-state index is 13.8. The highest BCUT2D eigenvalue weighted by molar-refractivity contribution is 7.89. The van der Waals surface area contributed by atoms with Crippen molar-refractivity contribution in [1.82, 2.24) is 19.1 Å². The van der Waals surface area contributed by atoms with Gasteiger partial charge in [0.1, 0.15) is 17.0 Å². The molecule has 0 bridgehead atoms. The molecule has 2 heterocycles. The van der Waals surface area contributed by atoms with E-state index in [0.717, 1.165) is 11.6 Å². The lowest BCUT2D eigenvalue weighted by Gasteiger charge is -2.39. The van der Waals surface area contributed by atoms with E-state index >= 15 is 0 Å². The number of hydrogen-bond donors (Lipinski definition) is 0. The van der Waals surface area contributed by atoms with Crippen LogP contribution in [0.1, 0.15) is 6.04 Å². The fourth-order valence-electron chi connectivity index (χ4n) is 2.89. The zero-order valence-corrected chi connectivity index (χ0v) is 14.0. The Morgan fingerprint density at radius 3 is 2.40 bits per heavy atom. The van der Waals surface area contributed by atoms with Gasteiger partial charge < -0.3 is 4.57 Å². The highest BCUT2D eigenvalue weighted by Crippen LogP contribution is 2.31. The largest absolute Gasteiger partial charge is 0.308 e. The van der Waals surface area contributed by atoms with E-state index in [4.69, 9.17) is 0 Å². The molecular formula is C17H15FN4O2S. The Balaban J connectivity index is 1.56. The van der Waals surface area contributed by atoms with Gasteiger partial charge in [-0.05, 0) is 12.1 Å². The minimum Gasteiger partial charge on any atom is -0.308 e. The van der Waals surface area contributed by atoms with Crippen LogP contribution in [0.3, 0.4) is 0 Å². The molecule has 1 aliphatic rings. The van der Waals surface area contributed by atoms with Gasteiger partial charge in [0.05, 0.1) is 6.04 Å². The number of nitrogens with zero attached hydrogens (tertiary/aromatic N) is 4. The van der Waals surface area contributed by atoms with E-state index in [1.54, 1.807) is 6.33 Å². The molecule has 25 heavy (non-hydrogen) atoms. The Kier molecular flexibility index (Phi) is 3.85. The Morgan fingerprint density at radius 1 is 1.00 bits per heavy atom. The molecular weight excluding hydrogens is 343 g/mol. The van der Waals surface area contributed by atoms with Crippen molar-refractivity contribution in [2.45, 2.75) is 10.9 Å². The third-order valence-electron chi connectivity index (χ3n) is 4.28. The van der Waals surface area contributed by atoms with E-state index in [1.165, 1.54) is 22.5 Å². The van der Waals surface area contributed by atoms with E-state index in [1.807, 2.05) is 34.9 Å². The van der Waals surface area contributed by atoms with Gasteiger partial charge in [-0.2, -0.15) is 4.31 Å². The quantitative estimate of drug-likeness (QED) is 0.718. The van der Waals surface area contributed by atoms with Crippen molar-refractivity contribution in [3.8, 4) is 11.4 Å². The third-order valence-corrected chi connectivity index (χ3v) is 6.15. The van der Waals surface area contributed by atoms with Gasteiger partial charge in [-0.25, -0.2) is 12.8 Å². The summed E-state index contributed by atoms with van der Waals surface area (Å²) in [6.45, 7) is 0.517. The molecule has 1 aromatic heterocycles. The summed E-state index contributed by atoms with van der Waals surface area (Å²) in [4.78, 5) is -0.291. The first kappa shape index (κ1) is 15.9. The zero-order valence-electron chi connectivity index (χ0n) is 13.2. The van der Waals surface area contributed by atoms with Crippen molar-refractivity contribution >= 4 is 10.0 Å². The van der Waals surface area contributed by atoms with Crippen LogP contribution in [0.15, 0.2) is 65.8 Å². The topological polar surface area (TPSA) is 68.1 Å². The lowest BCUT2D eigenvalue weighted by molar-refractivity contribution is 0.205. The Morgan fingerprint density at radius 2 is 1.68 bits per heavy atom. The maximum Gasteiger partial charge on any atom is 0.246 e. The summed E-state index contributed by atoms with van der Waals surface area (Å²) in [6.07, 6.45) is 1.60. The third kappa shape index (κ3) is 2.73. The number of sulfonamides is 1. The van der Waals surface area contributed by atoms with Crippen molar-refractivity contribution in [1.29, 1.82) is 0 Å². The second-order valence-electron chi connectivity index (χ2n) is 5.83. The molecule has 0 amide bonds. The fraction of sp³-hybridized carbons (Fsp3) is 0.176. The van der Waals surface area contributed by atoms with Gasteiger partial charge in [0, 0.05) is 18.7 Å². The summed E-state index contributed by atoms with van der Waals surface area (Å²) in [5.74, 6) is -0.0474. The van der Waals surface area contributed by atoms with E-state index in [9.17, 15) is 12.8 Å². The van der Waals surface area contributed by atoms with Crippen LogP contribution in [-0.2, 0) is 10.0 Å². The molecule has 0 N–H and O–H groups in total. The summed E-state index contributed by atoms with van der Waals surface area (Å²) in [5, 5.41) is 8.08. The van der Waals surface area contributed by atoms with Crippen LogP contribution < -0.4 is 0 Å². The first-order chi connectivity index (χ1) is 12.1. The average molecular weight is 358 g/mol. The second-order valence-corrected chi connectivity index (χ2v) is 7.74. The Hall–Kier alpha value is -2.58. The molecule has 128 valence electrons. The summed E-state index contributed by atoms with van der Waals surface area (Å²) < 4.78 is 42.1. The minimum atomic E-state index is -3.83. The number of benzene rings is 2. The van der Waals surface area contributed by atoms with Crippen LogP contribution in [-0.4, -0.2) is 40.6 Å². The van der Waals surface area contributed by atoms with Gasteiger partial charge >= 0.3 is 0 Å². The number of rotatable bonds is 4. The fourth-order valence-corrected chi connectivity index (χ4v) is 4.47. The Bertz CT molecular complexity index is 998. The Labute approximate surface area is 144 Å². The molecule has 0 radical (unpaired) electrons. The van der Waals surface area contributed by atoms with Crippen LogP contribution in [0, 0.1) is 5.82 Å². The van der Waals surface area contributed by atoms with E-state index < -0.39 is 15.8 Å². The monoisotopic (exact) mass is 358 g/mol. The van der Waals surface area contributed by atoms with Gasteiger partial charge in [0.2, 0.25) is 10.0 Å². The number of hydrogen-bond acceptors (Lipinski definition) is 4. The van der Waals surface area contributed by atoms with Gasteiger partial charge in [-0.3, -0.25) is 0 Å². The number of aromatic nitrogens is 3. The molecule has 3 aromatic rings. The molecule has 2 aromatic carbocycles. The van der Waals surface area contributed by atoms with Crippen molar-refractivity contribution < 1.29 is 12.8 Å². The van der Waals surface area contributed by atoms with Gasteiger partial charge in [0.25, 0.3) is 0 Å². The molecule has 0 saturated carbocycles. The minimum absolute atomic E-state index is 0.0771. The van der Waals surface area contributed by atoms with Crippen molar-refractivity contribution in [2.24, 2.45) is 0 Å². The zero-order chi connectivity index (χ0) is 17.4. The van der Waals surface area contributed by atoms with Crippen LogP contribution >= 0.6 is 0 Å². The lowest BCUT2D eigenvalue weighted by atomic mass is 10.1. The molecule has 0 aliphatic carbocycles. The maximum absolute atomic E-state index is 13.8. The van der Waals surface area contributed by atoms with Gasteiger partial charge in [-0.1, -0.05) is 42.5 Å². The predicted octanol–water partition coefficient (Wildman–Crippen LogP) is 2.33. The molecule has 6 nitrogen and oxygen atoms in total. The highest BCUT2D eigenvalue weighted by atomic mass is 32.2. The van der Waals surface area contributed by atoms with E-state index in [2.05, 4.69) is 10.2 Å². The van der Waals surface area contributed by atoms with E-state index in [0.29, 0.717) is 5.82 Å². The van der Waals surface area contributed by atoms with Gasteiger partial charge in [0.15, 0.2) is 5.82 Å².